The Morgan fingerprint density at radius 1 is 1.19 bits per heavy atom. The minimum atomic E-state index is -0.271. The van der Waals surface area contributed by atoms with Crippen LogP contribution in [-0.4, -0.2) is 29.3 Å². The van der Waals surface area contributed by atoms with E-state index in [1.54, 1.807) is 18.2 Å². The van der Waals surface area contributed by atoms with E-state index in [9.17, 15) is 4.79 Å². The second-order valence-electron chi connectivity index (χ2n) is 4.12. The first-order valence-corrected chi connectivity index (χ1v) is 6.65. The number of ether oxygens (including phenoxy) is 2. The monoisotopic (exact) mass is 291 g/mol. The van der Waals surface area contributed by atoms with Crippen LogP contribution in [0.2, 0.25) is 0 Å². The highest BCUT2D eigenvalue weighted by Gasteiger charge is 2.13. The lowest BCUT2D eigenvalue weighted by atomic mass is 10.2. The molecule has 1 N–H and O–H groups in total. The van der Waals surface area contributed by atoms with E-state index in [0.717, 1.165) is 0 Å². The number of amides is 1. The smallest absolute Gasteiger partial charge is 0.322 e. The molecule has 0 aliphatic rings. The molecule has 0 aliphatic carbocycles. The van der Waals surface area contributed by atoms with E-state index in [1.165, 1.54) is 6.92 Å². The highest BCUT2D eigenvalue weighted by Crippen LogP contribution is 2.32. The fourth-order valence-corrected chi connectivity index (χ4v) is 1.73. The summed E-state index contributed by atoms with van der Waals surface area (Å²) >= 11 is 0. The SMILES string of the molecule is CCOc1ccc(-c2nnc(NC(C)=O)o2)cc1OCC. The van der Waals surface area contributed by atoms with Gasteiger partial charge in [-0.2, -0.15) is 0 Å². The van der Waals surface area contributed by atoms with Crippen LogP contribution >= 0.6 is 0 Å². The van der Waals surface area contributed by atoms with Gasteiger partial charge in [-0.05, 0) is 32.0 Å². The third-order valence-electron chi connectivity index (χ3n) is 2.50. The molecule has 0 spiro atoms. The van der Waals surface area contributed by atoms with Gasteiger partial charge in [0.25, 0.3) is 0 Å². The van der Waals surface area contributed by atoms with Crippen molar-refractivity contribution in [3.63, 3.8) is 0 Å². The highest BCUT2D eigenvalue weighted by molar-refractivity contribution is 5.86. The number of anilines is 1. The fourth-order valence-electron chi connectivity index (χ4n) is 1.73. The molecule has 0 aliphatic heterocycles. The molecule has 21 heavy (non-hydrogen) atoms. The van der Waals surface area contributed by atoms with E-state index in [-0.39, 0.29) is 11.9 Å². The largest absolute Gasteiger partial charge is 0.490 e. The third kappa shape index (κ3) is 3.71. The molecular formula is C14H17N3O4. The van der Waals surface area contributed by atoms with Crippen LogP contribution in [0.3, 0.4) is 0 Å². The molecule has 0 saturated carbocycles. The van der Waals surface area contributed by atoms with Crippen molar-refractivity contribution >= 4 is 11.9 Å². The average molecular weight is 291 g/mol. The predicted molar refractivity (Wildman–Crippen MR) is 76.4 cm³/mol. The lowest BCUT2D eigenvalue weighted by molar-refractivity contribution is -0.114. The zero-order valence-corrected chi connectivity index (χ0v) is 12.2. The molecule has 112 valence electrons. The van der Waals surface area contributed by atoms with Crippen molar-refractivity contribution in [2.45, 2.75) is 20.8 Å². The Balaban J connectivity index is 2.28. The number of carbonyl (C=O) groups is 1. The summed E-state index contributed by atoms with van der Waals surface area (Å²) in [5.74, 6) is 1.29. The minimum absolute atomic E-state index is 0.0596. The quantitative estimate of drug-likeness (QED) is 0.880. The number of rotatable bonds is 6. The predicted octanol–water partition coefficient (Wildman–Crippen LogP) is 2.49. The molecule has 0 unspecified atom stereocenters. The molecule has 1 aromatic heterocycles. The van der Waals surface area contributed by atoms with E-state index in [2.05, 4.69) is 15.5 Å². The molecular weight excluding hydrogens is 274 g/mol. The first kappa shape index (κ1) is 14.8. The molecule has 0 saturated heterocycles. The molecule has 1 amide bonds. The van der Waals surface area contributed by atoms with Crippen LogP contribution in [-0.2, 0) is 4.79 Å². The van der Waals surface area contributed by atoms with Gasteiger partial charge in [0.2, 0.25) is 11.8 Å². The maximum absolute atomic E-state index is 10.9. The van der Waals surface area contributed by atoms with Crippen LogP contribution in [0.1, 0.15) is 20.8 Å². The summed E-state index contributed by atoms with van der Waals surface area (Å²) in [5.41, 5.74) is 0.686. The first-order chi connectivity index (χ1) is 10.1. The number of nitrogens with one attached hydrogen (secondary N) is 1. The van der Waals surface area contributed by atoms with Crippen LogP contribution in [0.15, 0.2) is 22.6 Å². The number of carbonyl (C=O) groups excluding carboxylic acids is 1. The number of aromatic nitrogens is 2. The van der Waals surface area contributed by atoms with Crippen molar-refractivity contribution in [2.24, 2.45) is 0 Å². The fraction of sp³-hybridized carbons (Fsp3) is 0.357. The van der Waals surface area contributed by atoms with E-state index < -0.39 is 0 Å². The zero-order valence-electron chi connectivity index (χ0n) is 12.2. The average Bonchev–Trinajstić information content (AvgIpc) is 2.89. The Kier molecular flexibility index (Phi) is 4.76. The van der Waals surface area contributed by atoms with Crippen LogP contribution in [0.5, 0.6) is 11.5 Å². The number of hydrogen-bond donors (Lipinski definition) is 1. The van der Waals surface area contributed by atoms with Gasteiger partial charge in [0, 0.05) is 12.5 Å². The molecule has 0 radical (unpaired) electrons. The van der Waals surface area contributed by atoms with Crippen molar-refractivity contribution in [1.82, 2.24) is 10.2 Å². The second kappa shape index (κ2) is 6.74. The van der Waals surface area contributed by atoms with E-state index in [4.69, 9.17) is 13.9 Å². The van der Waals surface area contributed by atoms with Crippen LogP contribution in [0.4, 0.5) is 6.01 Å². The first-order valence-electron chi connectivity index (χ1n) is 6.65. The van der Waals surface area contributed by atoms with Gasteiger partial charge in [-0.15, -0.1) is 5.10 Å². The van der Waals surface area contributed by atoms with Crippen LogP contribution in [0.25, 0.3) is 11.5 Å². The Hall–Kier alpha value is -2.57. The number of benzene rings is 1. The maximum atomic E-state index is 10.9. The van der Waals surface area contributed by atoms with Gasteiger partial charge in [-0.3, -0.25) is 10.1 Å². The Labute approximate surface area is 122 Å². The molecule has 2 rings (SSSR count). The van der Waals surface area contributed by atoms with Gasteiger partial charge < -0.3 is 13.9 Å². The molecule has 7 nitrogen and oxygen atoms in total. The standard InChI is InChI=1S/C14H17N3O4/c1-4-19-11-7-6-10(8-12(11)20-5-2)13-16-17-14(21-13)15-9(3)18/h6-8H,4-5H2,1-3H3,(H,15,17,18). The van der Waals surface area contributed by atoms with E-state index >= 15 is 0 Å². The van der Waals surface area contributed by atoms with Gasteiger partial charge in [0.05, 0.1) is 13.2 Å². The molecule has 1 aromatic carbocycles. The summed E-state index contributed by atoms with van der Waals surface area (Å²) in [6.07, 6.45) is 0. The summed E-state index contributed by atoms with van der Waals surface area (Å²) in [5, 5.41) is 10.1. The van der Waals surface area contributed by atoms with Gasteiger partial charge in [-0.1, -0.05) is 5.10 Å². The molecule has 1 heterocycles. The molecule has 0 bridgehead atoms. The molecule has 2 aromatic rings. The molecule has 0 atom stereocenters. The van der Waals surface area contributed by atoms with Crippen LogP contribution < -0.4 is 14.8 Å². The zero-order chi connectivity index (χ0) is 15.2. The number of nitrogens with zero attached hydrogens (tertiary/aromatic N) is 2. The summed E-state index contributed by atoms with van der Waals surface area (Å²) < 4.78 is 16.4. The lowest BCUT2D eigenvalue weighted by Gasteiger charge is -2.11. The second-order valence-corrected chi connectivity index (χ2v) is 4.12. The van der Waals surface area contributed by atoms with Gasteiger partial charge >= 0.3 is 6.01 Å². The van der Waals surface area contributed by atoms with Crippen molar-refractivity contribution < 1.29 is 18.7 Å². The lowest BCUT2D eigenvalue weighted by Crippen LogP contribution is -2.05. The van der Waals surface area contributed by atoms with Gasteiger partial charge in [-0.25, -0.2) is 0 Å². The minimum Gasteiger partial charge on any atom is -0.490 e. The van der Waals surface area contributed by atoms with Crippen LogP contribution in [0, 0.1) is 0 Å². The summed E-state index contributed by atoms with van der Waals surface area (Å²) in [7, 11) is 0. The Morgan fingerprint density at radius 3 is 2.57 bits per heavy atom. The summed E-state index contributed by atoms with van der Waals surface area (Å²) in [6, 6.07) is 5.40. The molecule has 7 heteroatoms. The Bertz CT molecular complexity index is 624. The van der Waals surface area contributed by atoms with E-state index in [0.29, 0.717) is 36.2 Å². The van der Waals surface area contributed by atoms with Crippen molar-refractivity contribution in [3.05, 3.63) is 18.2 Å². The van der Waals surface area contributed by atoms with Gasteiger partial charge in [0.15, 0.2) is 11.5 Å². The summed E-state index contributed by atoms with van der Waals surface area (Å²) in [6.45, 7) is 6.23. The van der Waals surface area contributed by atoms with E-state index in [1.807, 2.05) is 13.8 Å². The topological polar surface area (TPSA) is 86.5 Å². The van der Waals surface area contributed by atoms with Crippen molar-refractivity contribution in [1.29, 1.82) is 0 Å². The van der Waals surface area contributed by atoms with Crippen molar-refractivity contribution in [3.8, 4) is 23.0 Å². The highest BCUT2D eigenvalue weighted by atomic mass is 16.5. The number of hydrogen-bond acceptors (Lipinski definition) is 6. The normalized spacial score (nSPS) is 10.2. The maximum Gasteiger partial charge on any atom is 0.322 e. The third-order valence-corrected chi connectivity index (χ3v) is 2.50. The van der Waals surface area contributed by atoms with Crippen molar-refractivity contribution in [2.75, 3.05) is 18.5 Å². The summed E-state index contributed by atoms with van der Waals surface area (Å²) in [4.78, 5) is 10.9. The van der Waals surface area contributed by atoms with Gasteiger partial charge in [0.1, 0.15) is 0 Å². The molecule has 0 fully saturated rings. The Morgan fingerprint density at radius 2 is 1.90 bits per heavy atom.